The molecule has 6 nitrogen and oxygen atoms in total. The molecular weight excluding hydrogens is 350 g/mol. The van der Waals surface area contributed by atoms with Crippen LogP contribution in [0.2, 0.25) is 0 Å². The van der Waals surface area contributed by atoms with Crippen LogP contribution in [0.3, 0.4) is 0 Å². The number of aromatic amines is 1. The lowest BCUT2D eigenvalue weighted by Crippen LogP contribution is -2.55. The first-order chi connectivity index (χ1) is 13.7. The van der Waals surface area contributed by atoms with Crippen molar-refractivity contribution in [1.82, 2.24) is 19.7 Å². The van der Waals surface area contributed by atoms with Crippen LogP contribution >= 0.6 is 0 Å². The zero-order valence-corrected chi connectivity index (χ0v) is 16.3. The van der Waals surface area contributed by atoms with Gasteiger partial charge in [0.15, 0.2) is 0 Å². The molecule has 2 fully saturated rings. The van der Waals surface area contributed by atoms with E-state index in [1.54, 1.807) is 0 Å². The fourth-order valence-corrected chi connectivity index (χ4v) is 4.88. The van der Waals surface area contributed by atoms with Crippen molar-refractivity contribution >= 4 is 16.8 Å². The zero-order chi connectivity index (χ0) is 19.1. The monoisotopic (exact) mass is 377 g/mol. The molecule has 3 heterocycles. The average molecular weight is 377 g/mol. The van der Waals surface area contributed by atoms with Crippen LogP contribution in [0.15, 0.2) is 18.2 Å². The SMILES string of the molecule is N#Cc1ccc2[nH]c3c(c2c1)CCN(CC(=O)N1CCN(C2CCC2)CC1)C3. The Kier molecular flexibility index (Phi) is 4.58. The van der Waals surface area contributed by atoms with Crippen molar-refractivity contribution in [3.63, 3.8) is 0 Å². The Hall–Kier alpha value is -2.36. The normalized spacial score (nSPS) is 21.3. The summed E-state index contributed by atoms with van der Waals surface area (Å²) in [6, 6.07) is 8.83. The van der Waals surface area contributed by atoms with Crippen LogP contribution in [0.4, 0.5) is 0 Å². The van der Waals surface area contributed by atoms with Gasteiger partial charge in [-0.25, -0.2) is 0 Å². The summed E-state index contributed by atoms with van der Waals surface area (Å²) in [6.45, 7) is 5.98. The number of piperazine rings is 1. The maximum absolute atomic E-state index is 12.8. The molecule has 1 aromatic carbocycles. The number of carbonyl (C=O) groups is 1. The number of hydrogen-bond acceptors (Lipinski definition) is 4. The minimum absolute atomic E-state index is 0.264. The van der Waals surface area contributed by atoms with E-state index in [4.69, 9.17) is 5.26 Å². The third kappa shape index (κ3) is 3.19. The largest absolute Gasteiger partial charge is 0.357 e. The van der Waals surface area contributed by atoms with Crippen molar-refractivity contribution in [1.29, 1.82) is 5.26 Å². The third-order valence-corrected chi connectivity index (χ3v) is 6.80. The number of rotatable bonds is 3. The van der Waals surface area contributed by atoms with Gasteiger partial charge in [0.1, 0.15) is 0 Å². The Morgan fingerprint density at radius 3 is 2.71 bits per heavy atom. The summed E-state index contributed by atoms with van der Waals surface area (Å²) < 4.78 is 0. The number of nitrogens with zero attached hydrogens (tertiary/aromatic N) is 4. The lowest BCUT2D eigenvalue weighted by molar-refractivity contribution is -0.135. The molecule has 1 N–H and O–H groups in total. The highest BCUT2D eigenvalue weighted by Gasteiger charge is 2.30. The molecule has 1 aliphatic carbocycles. The second-order valence-electron chi connectivity index (χ2n) is 8.42. The molecule has 3 aliphatic rings. The van der Waals surface area contributed by atoms with Crippen molar-refractivity contribution in [2.75, 3.05) is 39.3 Å². The van der Waals surface area contributed by atoms with E-state index in [-0.39, 0.29) is 5.91 Å². The Balaban J connectivity index is 1.21. The smallest absolute Gasteiger partial charge is 0.236 e. The van der Waals surface area contributed by atoms with E-state index in [2.05, 4.69) is 25.8 Å². The molecule has 1 amide bonds. The number of benzene rings is 1. The minimum atomic E-state index is 0.264. The Morgan fingerprint density at radius 2 is 2.00 bits per heavy atom. The second-order valence-corrected chi connectivity index (χ2v) is 8.42. The number of H-pyrrole nitrogens is 1. The number of carbonyl (C=O) groups excluding carboxylic acids is 1. The summed E-state index contributed by atoms with van der Waals surface area (Å²) >= 11 is 0. The zero-order valence-electron chi connectivity index (χ0n) is 16.3. The Labute approximate surface area is 165 Å². The van der Waals surface area contributed by atoms with Crippen molar-refractivity contribution < 1.29 is 4.79 Å². The molecule has 0 bridgehead atoms. The van der Waals surface area contributed by atoms with Crippen LogP contribution < -0.4 is 0 Å². The lowest BCUT2D eigenvalue weighted by atomic mass is 9.91. The standard InChI is InChI=1S/C22H27N5O/c23-13-16-4-5-20-19(12-16)18-6-7-25(14-21(18)24-20)15-22(28)27-10-8-26(9-11-27)17-2-1-3-17/h4-5,12,17,24H,1-3,6-11,14-15H2. The molecule has 0 atom stereocenters. The molecule has 0 unspecified atom stereocenters. The van der Waals surface area contributed by atoms with Gasteiger partial charge in [0.05, 0.1) is 18.2 Å². The van der Waals surface area contributed by atoms with Crippen LogP contribution in [-0.2, 0) is 17.8 Å². The highest BCUT2D eigenvalue weighted by atomic mass is 16.2. The molecule has 5 rings (SSSR count). The number of nitrogens with one attached hydrogen (secondary N) is 1. The number of nitriles is 1. The van der Waals surface area contributed by atoms with E-state index in [1.165, 1.54) is 30.5 Å². The van der Waals surface area contributed by atoms with E-state index in [0.717, 1.165) is 62.6 Å². The van der Waals surface area contributed by atoms with Gasteiger partial charge in [0, 0.05) is 61.9 Å². The quantitative estimate of drug-likeness (QED) is 0.890. The van der Waals surface area contributed by atoms with E-state index in [9.17, 15) is 4.79 Å². The van der Waals surface area contributed by atoms with Gasteiger partial charge in [-0.1, -0.05) is 6.42 Å². The molecule has 0 spiro atoms. The molecule has 6 heteroatoms. The van der Waals surface area contributed by atoms with Crippen LogP contribution in [0.25, 0.3) is 10.9 Å². The van der Waals surface area contributed by atoms with E-state index < -0.39 is 0 Å². The second kappa shape index (κ2) is 7.23. The maximum atomic E-state index is 12.8. The molecule has 2 aromatic rings. The van der Waals surface area contributed by atoms with E-state index >= 15 is 0 Å². The van der Waals surface area contributed by atoms with Crippen LogP contribution in [0.5, 0.6) is 0 Å². The fraction of sp³-hybridized carbons (Fsp3) is 0.545. The summed E-state index contributed by atoms with van der Waals surface area (Å²) in [6.07, 6.45) is 4.97. The van der Waals surface area contributed by atoms with Crippen LogP contribution in [0.1, 0.15) is 36.1 Å². The van der Waals surface area contributed by atoms with Crippen LogP contribution in [0, 0.1) is 11.3 Å². The van der Waals surface area contributed by atoms with Crippen molar-refractivity contribution in [3.05, 3.63) is 35.0 Å². The number of hydrogen-bond donors (Lipinski definition) is 1. The molecule has 1 aromatic heterocycles. The summed E-state index contributed by atoms with van der Waals surface area (Å²) in [7, 11) is 0. The molecule has 28 heavy (non-hydrogen) atoms. The molecule has 1 saturated carbocycles. The van der Waals surface area contributed by atoms with Gasteiger partial charge in [-0.2, -0.15) is 5.26 Å². The molecule has 1 saturated heterocycles. The first-order valence-corrected chi connectivity index (χ1v) is 10.5. The molecule has 2 aliphatic heterocycles. The third-order valence-electron chi connectivity index (χ3n) is 6.80. The summed E-state index contributed by atoms with van der Waals surface area (Å²) in [5.74, 6) is 0.264. The maximum Gasteiger partial charge on any atom is 0.236 e. The predicted molar refractivity (Wildman–Crippen MR) is 108 cm³/mol. The number of amides is 1. The first kappa shape index (κ1) is 17.7. The van der Waals surface area contributed by atoms with E-state index in [1.807, 2.05) is 18.2 Å². The first-order valence-electron chi connectivity index (χ1n) is 10.5. The topological polar surface area (TPSA) is 66.4 Å². The highest BCUT2D eigenvalue weighted by molar-refractivity contribution is 5.86. The van der Waals surface area contributed by atoms with Gasteiger partial charge in [-0.3, -0.25) is 14.6 Å². The number of aromatic nitrogens is 1. The van der Waals surface area contributed by atoms with Crippen molar-refractivity contribution in [3.8, 4) is 6.07 Å². The van der Waals surface area contributed by atoms with Gasteiger partial charge in [0.2, 0.25) is 5.91 Å². The summed E-state index contributed by atoms with van der Waals surface area (Å²) in [5.41, 5.74) is 4.29. The predicted octanol–water partition coefficient (Wildman–Crippen LogP) is 2.09. The minimum Gasteiger partial charge on any atom is -0.357 e. The fourth-order valence-electron chi connectivity index (χ4n) is 4.88. The van der Waals surface area contributed by atoms with Crippen LogP contribution in [-0.4, -0.2) is 70.9 Å². The van der Waals surface area contributed by atoms with Gasteiger partial charge >= 0.3 is 0 Å². The van der Waals surface area contributed by atoms with Gasteiger partial charge in [-0.05, 0) is 43.0 Å². The summed E-state index contributed by atoms with van der Waals surface area (Å²) in [4.78, 5) is 23.2. The lowest BCUT2D eigenvalue weighted by Gasteiger charge is -2.43. The Morgan fingerprint density at radius 1 is 1.18 bits per heavy atom. The molecule has 0 radical (unpaired) electrons. The molecular formula is C22H27N5O. The summed E-state index contributed by atoms with van der Waals surface area (Å²) in [5, 5.41) is 10.3. The number of fused-ring (bicyclic) bond motifs is 3. The molecule has 146 valence electrons. The average Bonchev–Trinajstić information content (AvgIpc) is 3.04. The van der Waals surface area contributed by atoms with E-state index in [0.29, 0.717) is 12.1 Å². The van der Waals surface area contributed by atoms with Gasteiger partial charge < -0.3 is 9.88 Å². The Bertz CT molecular complexity index is 930. The van der Waals surface area contributed by atoms with Gasteiger partial charge in [0.25, 0.3) is 0 Å². The van der Waals surface area contributed by atoms with Crippen molar-refractivity contribution in [2.45, 2.75) is 38.3 Å². The van der Waals surface area contributed by atoms with Crippen molar-refractivity contribution in [2.24, 2.45) is 0 Å². The highest BCUT2D eigenvalue weighted by Crippen LogP contribution is 2.29. The van der Waals surface area contributed by atoms with Gasteiger partial charge in [-0.15, -0.1) is 0 Å².